The van der Waals surface area contributed by atoms with E-state index in [9.17, 15) is 9.59 Å². The van der Waals surface area contributed by atoms with Crippen LogP contribution >= 0.6 is 11.8 Å². The van der Waals surface area contributed by atoms with Crippen LogP contribution in [0.2, 0.25) is 0 Å². The Morgan fingerprint density at radius 1 is 1.03 bits per heavy atom. The minimum absolute atomic E-state index is 0.0918. The van der Waals surface area contributed by atoms with Gasteiger partial charge in [0.2, 0.25) is 5.91 Å². The van der Waals surface area contributed by atoms with E-state index >= 15 is 0 Å². The highest BCUT2D eigenvalue weighted by Gasteiger charge is 2.32. The Morgan fingerprint density at radius 2 is 1.81 bits per heavy atom. The molecular formula is C25H25N3O3S. The second kappa shape index (κ2) is 9.20. The summed E-state index contributed by atoms with van der Waals surface area (Å²) >= 11 is 1.59. The Hall–Kier alpha value is -3.06. The number of para-hydroxylation sites is 1. The van der Waals surface area contributed by atoms with Gasteiger partial charge in [-0.1, -0.05) is 30.0 Å². The maximum absolute atomic E-state index is 13.1. The number of piperidine rings is 1. The fourth-order valence-corrected chi connectivity index (χ4v) is 5.30. The first-order chi connectivity index (χ1) is 15.7. The summed E-state index contributed by atoms with van der Waals surface area (Å²) < 4.78 is 5.82. The van der Waals surface area contributed by atoms with Crippen LogP contribution < -0.4 is 4.74 Å². The summed E-state index contributed by atoms with van der Waals surface area (Å²) in [6, 6.07) is 16.8. The molecule has 7 heteroatoms. The van der Waals surface area contributed by atoms with E-state index in [1.807, 2.05) is 64.9 Å². The molecule has 1 amide bonds. The summed E-state index contributed by atoms with van der Waals surface area (Å²) in [5, 5.41) is 3.03. The zero-order valence-electron chi connectivity index (χ0n) is 17.8. The SMILES string of the molecule is O=C(c1ccc(Oc2ccccc2)cc1)[C@H]1CCCN(C(=O)CC2=CSC3=NCCN23)C1. The predicted octanol–water partition coefficient (Wildman–Crippen LogP) is 4.55. The number of likely N-dealkylation sites (tertiary alicyclic amines) is 1. The van der Waals surface area contributed by atoms with E-state index in [-0.39, 0.29) is 17.6 Å². The number of benzene rings is 2. The Labute approximate surface area is 192 Å². The first-order valence-corrected chi connectivity index (χ1v) is 11.9. The molecule has 32 heavy (non-hydrogen) atoms. The highest BCUT2D eigenvalue weighted by molar-refractivity contribution is 8.16. The number of amidine groups is 1. The lowest BCUT2D eigenvalue weighted by Gasteiger charge is -2.32. The molecular weight excluding hydrogens is 422 g/mol. The van der Waals surface area contributed by atoms with Crippen molar-refractivity contribution in [1.82, 2.24) is 9.80 Å². The summed E-state index contributed by atoms with van der Waals surface area (Å²) in [7, 11) is 0. The average molecular weight is 448 g/mol. The van der Waals surface area contributed by atoms with Crippen molar-refractivity contribution in [2.24, 2.45) is 10.9 Å². The highest BCUT2D eigenvalue weighted by Crippen LogP contribution is 2.32. The van der Waals surface area contributed by atoms with Gasteiger partial charge in [-0.05, 0) is 54.6 Å². The number of thioether (sulfide) groups is 1. The Bertz CT molecular complexity index is 1070. The number of fused-ring (bicyclic) bond motifs is 1. The molecule has 1 fully saturated rings. The molecule has 164 valence electrons. The molecule has 1 saturated heterocycles. The summed E-state index contributed by atoms with van der Waals surface area (Å²) in [5.74, 6) is 1.48. The van der Waals surface area contributed by atoms with Crippen LogP contribution in [-0.2, 0) is 4.79 Å². The number of hydrogen-bond acceptors (Lipinski definition) is 6. The molecule has 1 atom stereocenters. The standard InChI is InChI=1S/C25H25N3O3S/c29-23(15-20-17-32-25-26-12-14-28(20)25)27-13-4-5-19(16-27)24(30)18-8-10-22(11-9-18)31-21-6-2-1-3-7-21/h1-3,6-11,17,19H,4-5,12-16H2/t19-/m0/s1. The fourth-order valence-electron chi connectivity index (χ4n) is 4.35. The number of ketones is 1. The van der Waals surface area contributed by atoms with Crippen molar-refractivity contribution in [2.45, 2.75) is 19.3 Å². The molecule has 3 heterocycles. The third kappa shape index (κ3) is 4.43. The maximum atomic E-state index is 13.1. The van der Waals surface area contributed by atoms with Crippen LogP contribution in [0, 0.1) is 5.92 Å². The zero-order valence-corrected chi connectivity index (χ0v) is 18.6. The van der Waals surface area contributed by atoms with E-state index in [0.29, 0.717) is 30.8 Å². The molecule has 3 aliphatic rings. The van der Waals surface area contributed by atoms with Crippen LogP contribution in [0.5, 0.6) is 11.5 Å². The van der Waals surface area contributed by atoms with Crippen molar-refractivity contribution >= 4 is 28.6 Å². The third-order valence-electron chi connectivity index (χ3n) is 6.04. The van der Waals surface area contributed by atoms with Crippen molar-refractivity contribution in [2.75, 3.05) is 26.2 Å². The minimum Gasteiger partial charge on any atom is -0.457 e. The van der Waals surface area contributed by atoms with E-state index in [4.69, 9.17) is 4.74 Å². The van der Waals surface area contributed by atoms with Crippen LogP contribution in [-0.4, -0.2) is 52.8 Å². The van der Waals surface area contributed by atoms with Gasteiger partial charge in [-0.2, -0.15) is 0 Å². The van der Waals surface area contributed by atoms with Gasteiger partial charge < -0.3 is 14.5 Å². The van der Waals surface area contributed by atoms with E-state index in [0.717, 1.165) is 42.5 Å². The molecule has 0 aromatic heterocycles. The van der Waals surface area contributed by atoms with E-state index in [2.05, 4.69) is 9.89 Å². The molecule has 2 aromatic rings. The largest absolute Gasteiger partial charge is 0.457 e. The van der Waals surface area contributed by atoms with E-state index in [1.54, 1.807) is 11.8 Å². The lowest BCUT2D eigenvalue weighted by Crippen LogP contribution is -2.43. The number of hydrogen-bond donors (Lipinski definition) is 0. The Morgan fingerprint density at radius 3 is 2.62 bits per heavy atom. The van der Waals surface area contributed by atoms with E-state index < -0.39 is 0 Å². The molecule has 5 rings (SSSR count). The number of aliphatic imine (C=N–C) groups is 1. The molecule has 0 radical (unpaired) electrons. The zero-order chi connectivity index (χ0) is 21.9. The number of nitrogens with zero attached hydrogens (tertiary/aromatic N) is 3. The summed E-state index contributed by atoms with van der Waals surface area (Å²) in [5.41, 5.74) is 1.69. The molecule has 0 spiro atoms. The lowest BCUT2D eigenvalue weighted by atomic mass is 9.90. The predicted molar refractivity (Wildman–Crippen MR) is 126 cm³/mol. The second-order valence-corrected chi connectivity index (χ2v) is 9.04. The average Bonchev–Trinajstić information content (AvgIpc) is 3.45. The van der Waals surface area contributed by atoms with Gasteiger partial charge in [-0.25, -0.2) is 0 Å². The van der Waals surface area contributed by atoms with E-state index in [1.165, 1.54) is 0 Å². The number of carbonyl (C=O) groups is 2. The fraction of sp³-hybridized carbons (Fsp3) is 0.320. The molecule has 0 bridgehead atoms. The van der Waals surface area contributed by atoms with Crippen molar-refractivity contribution < 1.29 is 14.3 Å². The minimum atomic E-state index is -0.163. The van der Waals surface area contributed by atoms with Gasteiger partial charge in [0.05, 0.1) is 13.0 Å². The first-order valence-electron chi connectivity index (χ1n) is 11.0. The van der Waals surface area contributed by atoms with Gasteiger partial charge in [0.1, 0.15) is 11.5 Å². The summed E-state index contributed by atoms with van der Waals surface area (Å²) in [6.45, 7) is 2.85. The molecule has 0 unspecified atom stereocenters. The second-order valence-electron chi connectivity index (χ2n) is 8.20. The monoisotopic (exact) mass is 447 g/mol. The Kier molecular flexibility index (Phi) is 5.99. The highest BCUT2D eigenvalue weighted by atomic mass is 32.2. The molecule has 0 N–H and O–H groups in total. The molecule has 2 aromatic carbocycles. The smallest absolute Gasteiger partial charge is 0.228 e. The number of ether oxygens (including phenoxy) is 1. The number of carbonyl (C=O) groups excluding carboxylic acids is 2. The first kappa shape index (κ1) is 20.8. The topological polar surface area (TPSA) is 62.2 Å². The molecule has 0 saturated carbocycles. The Balaban J connectivity index is 1.19. The van der Waals surface area contributed by atoms with Gasteiger partial charge >= 0.3 is 0 Å². The number of amides is 1. The van der Waals surface area contributed by atoms with Gasteiger partial charge in [-0.3, -0.25) is 14.6 Å². The summed E-state index contributed by atoms with van der Waals surface area (Å²) in [6.07, 6.45) is 2.03. The van der Waals surface area contributed by atoms with Crippen LogP contribution in [0.25, 0.3) is 0 Å². The van der Waals surface area contributed by atoms with Crippen molar-refractivity contribution in [1.29, 1.82) is 0 Å². The lowest BCUT2D eigenvalue weighted by molar-refractivity contribution is -0.132. The maximum Gasteiger partial charge on any atom is 0.228 e. The van der Waals surface area contributed by atoms with Crippen molar-refractivity contribution in [3.05, 3.63) is 71.3 Å². The molecule has 0 aliphatic carbocycles. The van der Waals surface area contributed by atoms with Gasteiger partial charge in [0, 0.05) is 36.8 Å². The number of Topliss-reactive ketones (excluding diaryl/α,β-unsaturated/α-hetero) is 1. The van der Waals surface area contributed by atoms with Gasteiger partial charge in [0.15, 0.2) is 11.0 Å². The van der Waals surface area contributed by atoms with Crippen molar-refractivity contribution in [3.63, 3.8) is 0 Å². The normalized spacial score (nSPS) is 19.9. The van der Waals surface area contributed by atoms with Crippen LogP contribution in [0.4, 0.5) is 0 Å². The number of rotatable bonds is 6. The third-order valence-corrected chi connectivity index (χ3v) is 6.99. The van der Waals surface area contributed by atoms with Crippen LogP contribution in [0.15, 0.2) is 70.7 Å². The quantitative estimate of drug-likeness (QED) is 0.608. The molecule has 3 aliphatic heterocycles. The molecule has 6 nitrogen and oxygen atoms in total. The van der Waals surface area contributed by atoms with Gasteiger partial charge in [-0.15, -0.1) is 0 Å². The van der Waals surface area contributed by atoms with Crippen LogP contribution in [0.3, 0.4) is 0 Å². The van der Waals surface area contributed by atoms with Gasteiger partial charge in [0.25, 0.3) is 0 Å². The van der Waals surface area contributed by atoms with Crippen LogP contribution in [0.1, 0.15) is 29.6 Å². The summed E-state index contributed by atoms with van der Waals surface area (Å²) in [4.78, 5) is 34.5. The van der Waals surface area contributed by atoms with Crippen molar-refractivity contribution in [3.8, 4) is 11.5 Å².